The number of amides is 4. The van der Waals surface area contributed by atoms with Gasteiger partial charge in [-0.05, 0) is 48.5 Å². The minimum atomic E-state index is -1.27. The number of nitrogens with one attached hydrogen (secondary N) is 3. The second kappa shape index (κ2) is 16.5. The van der Waals surface area contributed by atoms with Crippen LogP contribution in [0.15, 0.2) is 24.3 Å². The molecule has 212 valence electrons. The molecule has 1 aromatic rings. The molecule has 0 aliphatic heterocycles. The Hall–Kier alpha value is -3.32. The Labute approximate surface area is 226 Å². The molecule has 1 aromatic carbocycles. The molecule has 0 aliphatic rings. The summed E-state index contributed by atoms with van der Waals surface area (Å²) in [6, 6.07) is 1.56. The van der Waals surface area contributed by atoms with E-state index in [9.17, 15) is 34.2 Å². The Morgan fingerprint density at radius 3 is 2.08 bits per heavy atom. The van der Waals surface area contributed by atoms with E-state index in [0.29, 0.717) is 17.7 Å². The van der Waals surface area contributed by atoms with Crippen LogP contribution >= 0.6 is 11.8 Å². The fraction of sp³-hybridized carbons (Fsp3) is 0.560. The summed E-state index contributed by atoms with van der Waals surface area (Å²) >= 11 is 1.46. The number of thioether (sulfide) groups is 1. The molecule has 0 aromatic heterocycles. The number of rotatable bonds is 17. The van der Waals surface area contributed by atoms with Crippen molar-refractivity contribution in [2.75, 3.05) is 12.0 Å². The van der Waals surface area contributed by atoms with Crippen molar-refractivity contribution in [3.8, 4) is 5.75 Å². The van der Waals surface area contributed by atoms with Gasteiger partial charge in [0.1, 0.15) is 23.9 Å². The third-order valence-corrected chi connectivity index (χ3v) is 6.71. The summed E-state index contributed by atoms with van der Waals surface area (Å²) in [6.45, 7) is 3.57. The first-order valence-electron chi connectivity index (χ1n) is 12.3. The smallest absolute Gasteiger partial charge is 0.326 e. The quantitative estimate of drug-likeness (QED) is 0.137. The van der Waals surface area contributed by atoms with Gasteiger partial charge in [-0.2, -0.15) is 11.8 Å². The number of carboxylic acids is 1. The predicted octanol–water partition coefficient (Wildman–Crippen LogP) is -0.134. The lowest BCUT2D eigenvalue weighted by atomic mass is 9.96. The predicted molar refractivity (Wildman–Crippen MR) is 144 cm³/mol. The average Bonchev–Trinajstić information content (AvgIpc) is 2.87. The van der Waals surface area contributed by atoms with Gasteiger partial charge < -0.3 is 37.6 Å². The maximum atomic E-state index is 13.2. The van der Waals surface area contributed by atoms with Crippen LogP contribution in [0.2, 0.25) is 0 Å². The molecule has 0 fully saturated rings. The summed E-state index contributed by atoms with van der Waals surface area (Å²) in [7, 11) is 0. The lowest BCUT2D eigenvalue weighted by Crippen LogP contribution is -2.59. The third kappa shape index (κ3) is 11.4. The van der Waals surface area contributed by atoms with E-state index >= 15 is 0 Å². The highest BCUT2D eigenvalue weighted by molar-refractivity contribution is 7.98. The molecule has 0 heterocycles. The monoisotopic (exact) mass is 553 g/mol. The van der Waals surface area contributed by atoms with Crippen molar-refractivity contribution in [2.45, 2.75) is 70.1 Å². The number of benzene rings is 1. The maximum Gasteiger partial charge on any atom is 0.326 e. The summed E-state index contributed by atoms with van der Waals surface area (Å²) in [5.41, 5.74) is 11.5. The topological polar surface area (TPSA) is 214 Å². The molecular weight excluding hydrogens is 514 g/mol. The van der Waals surface area contributed by atoms with E-state index < -0.39 is 53.8 Å². The normalized spacial score (nSPS) is 14.8. The van der Waals surface area contributed by atoms with Crippen molar-refractivity contribution >= 4 is 41.4 Å². The number of hydrogen-bond acceptors (Lipinski definition) is 8. The van der Waals surface area contributed by atoms with Crippen LogP contribution in [0.5, 0.6) is 5.75 Å². The Bertz CT molecular complexity index is 960. The van der Waals surface area contributed by atoms with Crippen molar-refractivity contribution in [3.05, 3.63) is 29.8 Å². The molecule has 4 amide bonds. The summed E-state index contributed by atoms with van der Waals surface area (Å²) in [4.78, 5) is 61.7. The van der Waals surface area contributed by atoms with Crippen molar-refractivity contribution in [1.82, 2.24) is 16.0 Å². The molecule has 0 radical (unpaired) electrons. The maximum absolute atomic E-state index is 13.2. The number of nitrogens with two attached hydrogens (primary N) is 2. The van der Waals surface area contributed by atoms with E-state index in [4.69, 9.17) is 11.5 Å². The van der Waals surface area contributed by atoms with Gasteiger partial charge in [-0.25, -0.2) is 4.79 Å². The minimum absolute atomic E-state index is 0.0214. The SMILES string of the molecule is CCC(C)C(NC(=O)C(CCSC)NC(=O)C(N)CCC(N)=O)C(=O)NC(Cc1ccc(O)cc1)C(=O)O. The number of carboxylic acid groups (broad SMARTS) is 1. The molecule has 0 aliphatic carbocycles. The van der Waals surface area contributed by atoms with Crippen LogP contribution in [0.25, 0.3) is 0 Å². The largest absolute Gasteiger partial charge is 0.508 e. The van der Waals surface area contributed by atoms with Crippen LogP contribution in [0.4, 0.5) is 0 Å². The number of primary amides is 1. The van der Waals surface area contributed by atoms with Crippen LogP contribution in [0, 0.1) is 5.92 Å². The second-order valence-electron chi connectivity index (χ2n) is 9.10. The van der Waals surface area contributed by atoms with Crippen LogP contribution in [0.1, 0.15) is 45.1 Å². The average molecular weight is 554 g/mol. The van der Waals surface area contributed by atoms with Gasteiger partial charge in [0.25, 0.3) is 0 Å². The standard InChI is InChI=1S/C25H39N5O7S/c1-4-14(2)21(24(35)29-19(25(36)37)13-15-5-7-16(31)8-6-15)30-23(34)18(11-12-38-3)28-22(33)17(26)9-10-20(27)32/h5-8,14,17-19,21,31H,4,9-13,26H2,1-3H3,(H2,27,32)(H,28,33)(H,29,35)(H,30,34)(H,36,37). The number of aromatic hydroxyl groups is 1. The Morgan fingerprint density at radius 2 is 1.55 bits per heavy atom. The van der Waals surface area contributed by atoms with Gasteiger partial charge in [-0.15, -0.1) is 0 Å². The molecule has 38 heavy (non-hydrogen) atoms. The molecular formula is C25H39N5O7S. The lowest BCUT2D eigenvalue weighted by Gasteiger charge is -2.28. The van der Waals surface area contributed by atoms with Gasteiger partial charge in [-0.1, -0.05) is 32.4 Å². The minimum Gasteiger partial charge on any atom is -0.508 e. The molecule has 5 unspecified atom stereocenters. The fourth-order valence-corrected chi connectivity index (χ4v) is 3.97. The lowest BCUT2D eigenvalue weighted by molar-refractivity contribution is -0.142. The molecule has 9 N–H and O–H groups in total. The number of aliphatic carboxylic acids is 1. The Morgan fingerprint density at radius 1 is 0.947 bits per heavy atom. The first-order valence-corrected chi connectivity index (χ1v) is 13.7. The second-order valence-corrected chi connectivity index (χ2v) is 10.1. The van der Waals surface area contributed by atoms with E-state index in [2.05, 4.69) is 16.0 Å². The molecule has 0 bridgehead atoms. The van der Waals surface area contributed by atoms with Crippen LogP contribution in [-0.2, 0) is 30.4 Å². The van der Waals surface area contributed by atoms with E-state index in [1.807, 2.05) is 13.2 Å². The van der Waals surface area contributed by atoms with Gasteiger partial charge in [0.15, 0.2) is 0 Å². The molecule has 5 atom stereocenters. The number of carbonyl (C=O) groups excluding carboxylic acids is 4. The summed E-state index contributed by atoms with van der Waals surface area (Å²) in [5, 5.41) is 26.9. The first kappa shape index (κ1) is 32.7. The molecule has 0 spiro atoms. The highest BCUT2D eigenvalue weighted by Crippen LogP contribution is 2.13. The van der Waals surface area contributed by atoms with Crippen molar-refractivity contribution in [2.24, 2.45) is 17.4 Å². The number of phenols is 1. The number of hydrogen-bond donors (Lipinski definition) is 7. The summed E-state index contributed by atoms with van der Waals surface area (Å²) in [5.74, 6) is -3.56. The highest BCUT2D eigenvalue weighted by atomic mass is 32.2. The molecule has 0 saturated carbocycles. The van der Waals surface area contributed by atoms with Gasteiger partial charge in [-0.3, -0.25) is 19.2 Å². The van der Waals surface area contributed by atoms with E-state index in [-0.39, 0.29) is 37.4 Å². The molecule has 13 heteroatoms. The van der Waals surface area contributed by atoms with Crippen LogP contribution in [0.3, 0.4) is 0 Å². The molecule has 1 rings (SSSR count). The Kier molecular flexibility index (Phi) is 14.2. The van der Waals surface area contributed by atoms with E-state index in [0.717, 1.165) is 0 Å². The summed E-state index contributed by atoms with van der Waals surface area (Å²) < 4.78 is 0. The van der Waals surface area contributed by atoms with Crippen molar-refractivity contribution < 1.29 is 34.2 Å². The summed E-state index contributed by atoms with van der Waals surface area (Å²) in [6.07, 6.45) is 2.51. The Balaban J connectivity index is 3.00. The van der Waals surface area contributed by atoms with Gasteiger partial charge >= 0.3 is 5.97 Å². The highest BCUT2D eigenvalue weighted by Gasteiger charge is 2.32. The van der Waals surface area contributed by atoms with Crippen molar-refractivity contribution in [1.29, 1.82) is 0 Å². The van der Waals surface area contributed by atoms with Crippen molar-refractivity contribution in [3.63, 3.8) is 0 Å². The third-order valence-electron chi connectivity index (χ3n) is 6.07. The number of phenolic OH excluding ortho intramolecular Hbond substituents is 1. The zero-order valence-corrected chi connectivity index (χ0v) is 22.8. The molecule has 12 nitrogen and oxygen atoms in total. The van der Waals surface area contributed by atoms with Gasteiger partial charge in [0.05, 0.1) is 6.04 Å². The van der Waals surface area contributed by atoms with Gasteiger partial charge in [0.2, 0.25) is 23.6 Å². The van der Waals surface area contributed by atoms with Gasteiger partial charge in [0, 0.05) is 12.8 Å². The van der Waals surface area contributed by atoms with Crippen LogP contribution in [-0.4, -0.2) is 76.0 Å². The van der Waals surface area contributed by atoms with E-state index in [1.165, 1.54) is 23.9 Å². The van der Waals surface area contributed by atoms with Crippen LogP contribution < -0.4 is 27.4 Å². The first-order chi connectivity index (χ1) is 17.9. The van der Waals surface area contributed by atoms with E-state index in [1.54, 1.807) is 19.1 Å². The fourth-order valence-electron chi connectivity index (χ4n) is 3.50. The molecule has 0 saturated heterocycles. The number of carbonyl (C=O) groups is 5. The zero-order valence-electron chi connectivity index (χ0n) is 21.9. The zero-order chi connectivity index (χ0) is 28.8.